The lowest BCUT2D eigenvalue weighted by molar-refractivity contribution is 0.0393. The summed E-state index contributed by atoms with van der Waals surface area (Å²) in [5, 5.41) is 0.444. The summed E-state index contributed by atoms with van der Waals surface area (Å²) in [5.41, 5.74) is 0.364. The van der Waals surface area contributed by atoms with Crippen LogP contribution < -0.4 is 10.5 Å². The van der Waals surface area contributed by atoms with E-state index in [-0.39, 0.29) is 12.2 Å². The number of aryl methyl sites for hydroxylation is 1. The zero-order chi connectivity index (χ0) is 21.8. The Bertz CT molecular complexity index is 1110. The van der Waals surface area contributed by atoms with E-state index in [1.165, 1.54) is 11.3 Å². The zero-order valence-corrected chi connectivity index (χ0v) is 18.3. The van der Waals surface area contributed by atoms with Gasteiger partial charge in [-0.1, -0.05) is 0 Å². The molecule has 0 atom stereocenters. The number of esters is 1. The number of aromatic nitrogens is 4. The van der Waals surface area contributed by atoms with E-state index < -0.39 is 5.97 Å². The molecule has 4 rings (SSSR count). The summed E-state index contributed by atoms with van der Waals surface area (Å²) in [4.78, 5) is 46.4. The van der Waals surface area contributed by atoms with Gasteiger partial charge in [0.1, 0.15) is 28.0 Å². The first-order chi connectivity index (χ1) is 15.1. The number of carbonyl (C=O) groups excluding carboxylic acids is 1. The summed E-state index contributed by atoms with van der Waals surface area (Å²) < 4.78 is 10.1. The Labute approximate surface area is 182 Å². The van der Waals surface area contributed by atoms with Crippen molar-refractivity contribution in [3.63, 3.8) is 0 Å². The Morgan fingerprint density at radius 1 is 1.23 bits per heavy atom. The second-order valence-corrected chi connectivity index (χ2v) is 8.20. The molecule has 0 radical (unpaired) electrons. The van der Waals surface area contributed by atoms with E-state index in [4.69, 9.17) is 9.47 Å². The lowest BCUT2D eigenvalue weighted by Gasteiger charge is -2.34. The average molecular weight is 445 g/mol. The van der Waals surface area contributed by atoms with Gasteiger partial charge in [-0.2, -0.15) is 0 Å². The van der Waals surface area contributed by atoms with Crippen molar-refractivity contribution in [2.75, 3.05) is 51.4 Å². The number of piperazine rings is 1. The maximum Gasteiger partial charge on any atom is 0.348 e. The van der Waals surface area contributed by atoms with E-state index in [9.17, 15) is 9.59 Å². The number of hydrogen-bond donors (Lipinski definition) is 1. The van der Waals surface area contributed by atoms with E-state index in [0.717, 1.165) is 32.0 Å². The third kappa shape index (κ3) is 4.73. The number of nitrogens with one attached hydrogen (secondary N) is 1. The van der Waals surface area contributed by atoms with Crippen molar-refractivity contribution in [3.05, 3.63) is 45.2 Å². The Morgan fingerprint density at radius 3 is 2.74 bits per heavy atom. The number of carbonyl (C=O) groups is 1. The SMILES string of the molecule is COCCOC(=O)c1sc2nc(CN3CCN(c4cnccn4)CC3)[nH]c(=O)c2c1C. The molecule has 3 aromatic rings. The number of fused-ring (bicyclic) bond motifs is 1. The van der Waals surface area contributed by atoms with Crippen LogP contribution in [0, 0.1) is 6.92 Å². The number of ether oxygens (including phenoxy) is 2. The van der Waals surface area contributed by atoms with E-state index in [1.807, 2.05) is 0 Å². The molecule has 3 aromatic heterocycles. The molecule has 31 heavy (non-hydrogen) atoms. The molecule has 11 heteroatoms. The minimum atomic E-state index is -0.460. The van der Waals surface area contributed by atoms with Crippen LogP contribution in [0.4, 0.5) is 5.82 Å². The molecule has 0 saturated carbocycles. The second kappa shape index (κ2) is 9.50. The summed E-state index contributed by atoms with van der Waals surface area (Å²) in [6, 6.07) is 0. The van der Waals surface area contributed by atoms with Crippen LogP contribution in [0.3, 0.4) is 0 Å². The van der Waals surface area contributed by atoms with Gasteiger partial charge in [-0.05, 0) is 12.5 Å². The maximum atomic E-state index is 12.7. The lowest BCUT2D eigenvalue weighted by atomic mass is 10.2. The van der Waals surface area contributed by atoms with Crippen molar-refractivity contribution in [3.8, 4) is 0 Å². The van der Waals surface area contributed by atoms with Gasteiger partial charge in [0.2, 0.25) is 0 Å². The molecule has 1 aliphatic heterocycles. The van der Waals surface area contributed by atoms with Crippen molar-refractivity contribution in [2.24, 2.45) is 0 Å². The second-order valence-electron chi connectivity index (χ2n) is 7.20. The van der Waals surface area contributed by atoms with Crippen LogP contribution in [-0.2, 0) is 16.0 Å². The van der Waals surface area contributed by atoms with E-state index in [0.29, 0.717) is 39.6 Å². The van der Waals surface area contributed by atoms with Crippen LogP contribution in [-0.4, -0.2) is 77.3 Å². The van der Waals surface area contributed by atoms with Gasteiger partial charge < -0.3 is 19.4 Å². The third-order valence-corrected chi connectivity index (χ3v) is 6.34. The monoisotopic (exact) mass is 444 g/mol. The summed E-state index contributed by atoms with van der Waals surface area (Å²) in [6.45, 7) is 6.04. The highest BCUT2D eigenvalue weighted by Crippen LogP contribution is 2.27. The topological polar surface area (TPSA) is 114 Å². The summed E-state index contributed by atoms with van der Waals surface area (Å²) in [5.74, 6) is 0.999. The molecule has 0 spiro atoms. The largest absolute Gasteiger partial charge is 0.459 e. The highest BCUT2D eigenvalue weighted by atomic mass is 32.1. The number of H-pyrrole nitrogens is 1. The molecule has 1 N–H and O–H groups in total. The first-order valence-corrected chi connectivity index (χ1v) is 10.8. The van der Waals surface area contributed by atoms with Gasteiger partial charge in [0.15, 0.2) is 0 Å². The van der Waals surface area contributed by atoms with Gasteiger partial charge in [-0.15, -0.1) is 11.3 Å². The highest BCUT2D eigenvalue weighted by molar-refractivity contribution is 7.20. The van der Waals surface area contributed by atoms with Gasteiger partial charge >= 0.3 is 5.97 Å². The normalized spacial score (nSPS) is 14.8. The van der Waals surface area contributed by atoms with Crippen LogP contribution in [0.25, 0.3) is 10.2 Å². The van der Waals surface area contributed by atoms with Gasteiger partial charge in [-0.3, -0.25) is 14.7 Å². The van der Waals surface area contributed by atoms with Crippen LogP contribution in [0.15, 0.2) is 23.4 Å². The molecule has 0 unspecified atom stereocenters. The smallest absolute Gasteiger partial charge is 0.348 e. The Balaban J connectivity index is 1.45. The van der Waals surface area contributed by atoms with Crippen LogP contribution >= 0.6 is 11.3 Å². The van der Waals surface area contributed by atoms with Gasteiger partial charge in [0, 0.05) is 45.7 Å². The quantitative estimate of drug-likeness (QED) is 0.424. The summed E-state index contributed by atoms with van der Waals surface area (Å²) >= 11 is 1.19. The third-order valence-electron chi connectivity index (χ3n) is 5.17. The molecule has 0 aliphatic carbocycles. The predicted molar refractivity (Wildman–Crippen MR) is 117 cm³/mol. The molecule has 4 heterocycles. The van der Waals surface area contributed by atoms with Crippen LogP contribution in [0.2, 0.25) is 0 Å². The predicted octanol–water partition coefficient (Wildman–Crippen LogP) is 1.21. The number of thiophene rings is 1. The van der Waals surface area contributed by atoms with Gasteiger partial charge in [0.25, 0.3) is 5.56 Å². The average Bonchev–Trinajstić information content (AvgIpc) is 3.12. The minimum Gasteiger partial charge on any atom is -0.459 e. The van der Waals surface area contributed by atoms with Crippen LogP contribution in [0.1, 0.15) is 21.1 Å². The summed E-state index contributed by atoms with van der Waals surface area (Å²) in [7, 11) is 1.54. The number of hydrogen-bond acceptors (Lipinski definition) is 10. The van der Waals surface area contributed by atoms with E-state index in [1.54, 1.807) is 32.6 Å². The number of rotatable bonds is 7. The number of anilines is 1. The first kappa shape index (κ1) is 21.3. The summed E-state index contributed by atoms with van der Waals surface area (Å²) in [6.07, 6.45) is 5.12. The molecular weight excluding hydrogens is 420 g/mol. The van der Waals surface area contributed by atoms with E-state index in [2.05, 4.69) is 29.7 Å². The molecule has 1 aliphatic rings. The molecule has 1 saturated heterocycles. The standard InChI is InChI=1S/C20H24N6O4S/c1-13-16-18(27)23-14(24-19(16)31-17(13)20(28)30-10-9-29-2)12-25-5-7-26(8-6-25)15-11-21-3-4-22-15/h3-4,11H,5-10,12H2,1-2H3,(H,23,24,27). The fourth-order valence-electron chi connectivity index (χ4n) is 3.54. The highest BCUT2D eigenvalue weighted by Gasteiger charge is 2.22. The molecule has 0 bridgehead atoms. The van der Waals surface area contributed by atoms with Gasteiger partial charge in [0.05, 0.1) is 24.7 Å². The van der Waals surface area contributed by atoms with Crippen molar-refractivity contribution in [2.45, 2.75) is 13.5 Å². The van der Waals surface area contributed by atoms with Crippen molar-refractivity contribution in [1.82, 2.24) is 24.8 Å². The van der Waals surface area contributed by atoms with Crippen molar-refractivity contribution >= 4 is 33.3 Å². The zero-order valence-electron chi connectivity index (χ0n) is 17.5. The number of aromatic amines is 1. The van der Waals surface area contributed by atoms with E-state index >= 15 is 0 Å². The molecular formula is C20H24N6O4S. The Hall–Kier alpha value is -2.89. The Kier molecular flexibility index (Phi) is 6.54. The number of nitrogens with zero attached hydrogens (tertiary/aromatic N) is 5. The lowest BCUT2D eigenvalue weighted by Crippen LogP contribution is -2.46. The molecule has 164 valence electrons. The Morgan fingerprint density at radius 2 is 2.03 bits per heavy atom. The van der Waals surface area contributed by atoms with Crippen LogP contribution in [0.5, 0.6) is 0 Å². The van der Waals surface area contributed by atoms with Crippen molar-refractivity contribution in [1.29, 1.82) is 0 Å². The molecule has 0 aromatic carbocycles. The first-order valence-electron chi connectivity index (χ1n) is 9.98. The van der Waals surface area contributed by atoms with Crippen molar-refractivity contribution < 1.29 is 14.3 Å². The molecule has 0 amide bonds. The van der Waals surface area contributed by atoms with Gasteiger partial charge in [-0.25, -0.2) is 14.8 Å². The molecule has 10 nitrogen and oxygen atoms in total. The molecule has 1 fully saturated rings. The fourth-order valence-corrected chi connectivity index (χ4v) is 4.64. The number of methoxy groups -OCH3 is 1. The minimum absolute atomic E-state index is 0.165. The fraction of sp³-hybridized carbons (Fsp3) is 0.450. The maximum absolute atomic E-state index is 12.7.